The molecular weight excluding hydrogens is 262 g/mol. The topological polar surface area (TPSA) is 30.5 Å². The normalized spacial score (nSPS) is 25.5. The van der Waals surface area contributed by atoms with Gasteiger partial charge in [-0.2, -0.15) is 0 Å². The summed E-state index contributed by atoms with van der Waals surface area (Å²) in [6.07, 6.45) is 6.62. The van der Waals surface area contributed by atoms with Crippen LogP contribution in [0.15, 0.2) is 18.2 Å². The molecule has 0 saturated heterocycles. The smallest absolute Gasteiger partial charge is 0.163 e. The van der Waals surface area contributed by atoms with Crippen molar-refractivity contribution in [2.24, 2.45) is 11.8 Å². The molecule has 1 aromatic rings. The summed E-state index contributed by atoms with van der Waals surface area (Å²) in [5.74, 6) is 3.46. The summed E-state index contributed by atoms with van der Waals surface area (Å²) in [7, 11) is 0. The van der Waals surface area contributed by atoms with Gasteiger partial charge in [-0.15, -0.1) is 0 Å². The lowest BCUT2D eigenvalue weighted by atomic mass is 9.89. The number of anilines is 1. The third-order valence-corrected chi connectivity index (χ3v) is 4.87. The van der Waals surface area contributed by atoms with Crippen molar-refractivity contribution >= 4 is 5.69 Å². The number of hydrogen-bond acceptors (Lipinski definition) is 3. The zero-order chi connectivity index (χ0) is 14.7. The van der Waals surface area contributed by atoms with Gasteiger partial charge >= 0.3 is 0 Å². The summed E-state index contributed by atoms with van der Waals surface area (Å²) in [5, 5.41) is 3.69. The molecule has 2 atom stereocenters. The van der Waals surface area contributed by atoms with Gasteiger partial charge in [-0.3, -0.25) is 0 Å². The van der Waals surface area contributed by atoms with Crippen LogP contribution in [-0.4, -0.2) is 19.3 Å². The fraction of sp³-hybridized carbons (Fsp3) is 0.667. The zero-order valence-electron chi connectivity index (χ0n) is 13.2. The van der Waals surface area contributed by atoms with Crippen molar-refractivity contribution in [1.82, 2.24) is 0 Å². The van der Waals surface area contributed by atoms with Gasteiger partial charge < -0.3 is 14.8 Å². The van der Waals surface area contributed by atoms with Crippen LogP contribution < -0.4 is 14.8 Å². The van der Waals surface area contributed by atoms with Crippen molar-refractivity contribution in [3.8, 4) is 11.5 Å². The third kappa shape index (κ3) is 3.63. The highest BCUT2D eigenvalue weighted by atomic mass is 16.6. The summed E-state index contributed by atoms with van der Waals surface area (Å²) >= 11 is 0. The van der Waals surface area contributed by atoms with Crippen LogP contribution in [-0.2, 0) is 0 Å². The summed E-state index contributed by atoms with van der Waals surface area (Å²) in [4.78, 5) is 0. The van der Waals surface area contributed by atoms with Crippen molar-refractivity contribution in [2.75, 3.05) is 18.5 Å². The maximum absolute atomic E-state index is 5.66. The van der Waals surface area contributed by atoms with Gasteiger partial charge in [0.1, 0.15) is 13.2 Å². The van der Waals surface area contributed by atoms with E-state index in [0.29, 0.717) is 19.3 Å². The predicted molar refractivity (Wildman–Crippen MR) is 86.3 cm³/mol. The molecule has 0 bridgehead atoms. The second-order valence-electron chi connectivity index (χ2n) is 6.71. The molecule has 0 aromatic heterocycles. The first-order valence-corrected chi connectivity index (χ1v) is 8.38. The molecule has 0 amide bonds. The molecule has 3 nitrogen and oxygen atoms in total. The van der Waals surface area contributed by atoms with Crippen molar-refractivity contribution in [1.29, 1.82) is 0 Å². The number of hydrogen-bond donors (Lipinski definition) is 1. The Balaban J connectivity index is 1.61. The molecular formula is C18H27NO2. The van der Waals surface area contributed by atoms with E-state index in [4.69, 9.17) is 9.47 Å². The number of rotatable bonds is 3. The molecule has 3 heteroatoms. The quantitative estimate of drug-likeness (QED) is 0.833. The molecule has 1 heterocycles. The van der Waals surface area contributed by atoms with Crippen molar-refractivity contribution < 1.29 is 9.47 Å². The van der Waals surface area contributed by atoms with Crippen LogP contribution >= 0.6 is 0 Å². The largest absolute Gasteiger partial charge is 0.486 e. The van der Waals surface area contributed by atoms with Crippen LogP contribution in [0.3, 0.4) is 0 Å². The standard InChI is InChI=1S/C18H27NO2/c1-13(2)14-4-3-5-15(7-6-14)19-16-8-9-17-18(12-16)21-11-10-20-17/h8-9,12-15,19H,3-7,10-11H2,1-2H3. The Hall–Kier alpha value is -1.38. The van der Waals surface area contributed by atoms with Gasteiger partial charge in [0, 0.05) is 17.8 Å². The van der Waals surface area contributed by atoms with Crippen LogP contribution in [0.25, 0.3) is 0 Å². The highest BCUT2D eigenvalue weighted by molar-refractivity contribution is 5.55. The van der Waals surface area contributed by atoms with E-state index in [2.05, 4.69) is 31.3 Å². The van der Waals surface area contributed by atoms with Gasteiger partial charge in [0.2, 0.25) is 0 Å². The minimum absolute atomic E-state index is 0.594. The second-order valence-corrected chi connectivity index (χ2v) is 6.71. The van der Waals surface area contributed by atoms with Gasteiger partial charge in [0.25, 0.3) is 0 Å². The monoisotopic (exact) mass is 289 g/mol. The molecule has 1 aliphatic heterocycles. The lowest BCUT2D eigenvalue weighted by molar-refractivity contribution is 0.171. The van der Waals surface area contributed by atoms with Crippen LogP contribution in [0.5, 0.6) is 11.5 Å². The Morgan fingerprint density at radius 2 is 1.81 bits per heavy atom. The summed E-state index contributed by atoms with van der Waals surface area (Å²) in [6.45, 7) is 6.02. The third-order valence-electron chi connectivity index (χ3n) is 4.87. The molecule has 3 rings (SSSR count). The summed E-state index contributed by atoms with van der Waals surface area (Å²) in [5.41, 5.74) is 1.16. The summed E-state index contributed by atoms with van der Waals surface area (Å²) in [6, 6.07) is 6.80. The molecule has 2 aliphatic rings. The Bertz CT molecular complexity index is 472. The first kappa shape index (κ1) is 14.6. The zero-order valence-corrected chi connectivity index (χ0v) is 13.2. The van der Waals surface area contributed by atoms with Gasteiger partial charge in [0.05, 0.1) is 0 Å². The fourth-order valence-electron chi connectivity index (χ4n) is 3.51. The molecule has 116 valence electrons. The first-order chi connectivity index (χ1) is 10.2. The molecule has 0 radical (unpaired) electrons. The molecule has 1 aliphatic carbocycles. The van der Waals surface area contributed by atoms with Crippen molar-refractivity contribution in [3.05, 3.63) is 18.2 Å². The summed E-state index contributed by atoms with van der Waals surface area (Å²) < 4.78 is 11.2. The van der Waals surface area contributed by atoms with Gasteiger partial charge in [-0.25, -0.2) is 0 Å². The maximum Gasteiger partial charge on any atom is 0.163 e. The number of fused-ring (bicyclic) bond motifs is 1. The minimum Gasteiger partial charge on any atom is -0.486 e. The molecule has 21 heavy (non-hydrogen) atoms. The van der Waals surface area contributed by atoms with E-state index >= 15 is 0 Å². The molecule has 1 saturated carbocycles. The van der Waals surface area contributed by atoms with E-state index in [9.17, 15) is 0 Å². The van der Waals surface area contributed by atoms with Crippen LogP contribution in [0.1, 0.15) is 46.0 Å². The predicted octanol–water partition coefficient (Wildman–Crippen LogP) is 4.47. The van der Waals surface area contributed by atoms with Crippen LogP contribution in [0.2, 0.25) is 0 Å². The van der Waals surface area contributed by atoms with Crippen molar-refractivity contribution in [2.45, 2.75) is 52.0 Å². The van der Waals surface area contributed by atoms with E-state index in [-0.39, 0.29) is 0 Å². The van der Waals surface area contributed by atoms with Gasteiger partial charge in [0.15, 0.2) is 11.5 Å². The van der Waals surface area contributed by atoms with E-state index < -0.39 is 0 Å². The number of nitrogens with one attached hydrogen (secondary N) is 1. The van der Waals surface area contributed by atoms with E-state index in [1.807, 2.05) is 6.07 Å². The number of ether oxygens (including phenoxy) is 2. The average Bonchev–Trinajstić information content (AvgIpc) is 2.73. The van der Waals surface area contributed by atoms with E-state index in [0.717, 1.165) is 29.0 Å². The average molecular weight is 289 g/mol. The van der Waals surface area contributed by atoms with Crippen LogP contribution in [0.4, 0.5) is 5.69 Å². The highest BCUT2D eigenvalue weighted by Gasteiger charge is 2.21. The lowest BCUT2D eigenvalue weighted by Crippen LogP contribution is -2.19. The lowest BCUT2D eigenvalue weighted by Gasteiger charge is -2.22. The molecule has 0 spiro atoms. The molecule has 2 unspecified atom stereocenters. The fourth-order valence-corrected chi connectivity index (χ4v) is 3.51. The van der Waals surface area contributed by atoms with Gasteiger partial charge in [-0.1, -0.05) is 26.7 Å². The number of benzene rings is 1. The highest BCUT2D eigenvalue weighted by Crippen LogP contribution is 2.34. The van der Waals surface area contributed by atoms with Gasteiger partial charge in [-0.05, 0) is 43.2 Å². The second kappa shape index (κ2) is 6.59. The first-order valence-electron chi connectivity index (χ1n) is 8.38. The SMILES string of the molecule is CC(C)C1CCCC(Nc2ccc3c(c2)OCCO3)CC1. The molecule has 1 aromatic carbocycles. The van der Waals surface area contributed by atoms with Crippen LogP contribution in [0, 0.1) is 11.8 Å². The van der Waals surface area contributed by atoms with E-state index in [1.54, 1.807) is 0 Å². The Morgan fingerprint density at radius 3 is 2.62 bits per heavy atom. The molecule has 1 fully saturated rings. The van der Waals surface area contributed by atoms with E-state index in [1.165, 1.54) is 32.1 Å². The van der Waals surface area contributed by atoms with Crippen molar-refractivity contribution in [3.63, 3.8) is 0 Å². The Labute approximate surface area is 128 Å². The maximum atomic E-state index is 5.66. The minimum atomic E-state index is 0.594. The Morgan fingerprint density at radius 1 is 1.00 bits per heavy atom. The molecule has 1 N–H and O–H groups in total. The Kier molecular flexibility index (Phi) is 4.57.